The van der Waals surface area contributed by atoms with E-state index in [2.05, 4.69) is 15.9 Å². The summed E-state index contributed by atoms with van der Waals surface area (Å²) in [6, 6.07) is 12.9. The fourth-order valence-electron chi connectivity index (χ4n) is 3.74. The Kier molecular flexibility index (Phi) is 6.82. The Morgan fingerprint density at radius 1 is 1.23 bits per heavy atom. The second-order valence-electron chi connectivity index (χ2n) is 7.03. The Labute approximate surface area is 180 Å². The Balaban J connectivity index is 1.94. The van der Waals surface area contributed by atoms with Gasteiger partial charge in [0.1, 0.15) is 6.29 Å². The summed E-state index contributed by atoms with van der Waals surface area (Å²) in [4.78, 5) is 25.3. The van der Waals surface area contributed by atoms with Gasteiger partial charge in [-0.2, -0.15) is 13.2 Å². The number of hydrogen-bond donors (Lipinski definition) is 0. The number of hydrogen-bond acceptors (Lipinski definition) is 4. The highest BCUT2D eigenvalue weighted by molar-refractivity contribution is 9.10. The van der Waals surface area contributed by atoms with Crippen molar-refractivity contribution in [1.82, 2.24) is 9.80 Å². The van der Waals surface area contributed by atoms with Crippen LogP contribution in [0.3, 0.4) is 0 Å². The van der Waals surface area contributed by atoms with Crippen LogP contribution in [0.2, 0.25) is 0 Å². The minimum absolute atomic E-state index is 0.0239. The fourth-order valence-corrected chi connectivity index (χ4v) is 4.30. The summed E-state index contributed by atoms with van der Waals surface area (Å²) in [6.07, 6.45) is -6.92. The maximum atomic E-state index is 14.0. The van der Waals surface area contributed by atoms with E-state index in [0.29, 0.717) is 27.4 Å². The van der Waals surface area contributed by atoms with Crippen molar-refractivity contribution in [3.05, 3.63) is 69.7 Å². The molecule has 1 aliphatic heterocycles. The number of carbonyl (C=O) groups excluding carboxylic acids is 2. The van der Waals surface area contributed by atoms with Gasteiger partial charge in [-0.1, -0.05) is 58.4 Å². The van der Waals surface area contributed by atoms with Crippen molar-refractivity contribution >= 4 is 28.3 Å². The summed E-state index contributed by atoms with van der Waals surface area (Å²) in [5, 5.41) is 0. The maximum absolute atomic E-state index is 14.0. The van der Waals surface area contributed by atoms with Gasteiger partial charge in [0.2, 0.25) is 0 Å². The Hall–Kier alpha value is -2.39. The first-order valence-electron chi connectivity index (χ1n) is 9.19. The zero-order valence-electron chi connectivity index (χ0n) is 16.1. The normalized spacial score (nSPS) is 19.7. The van der Waals surface area contributed by atoms with Crippen LogP contribution in [-0.2, 0) is 17.7 Å². The molecule has 5 nitrogen and oxygen atoms in total. The molecular formula is C21H20BrF3N2O3. The second-order valence-corrected chi connectivity index (χ2v) is 7.89. The van der Waals surface area contributed by atoms with E-state index in [1.165, 1.54) is 4.90 Å². The van der Waals surface area contributed by atoms with Gasteiger partial charge in [0, 0.05) is 23.1 Å². The Morgan fingerprint density at radius 3 is 2.50 bits per heavy atom. The van der Waals surface area contributed by atoms with Crippen LogP contribution in [0.1, 0.15) is 21.5 Å². The number of halogens is 4. The lowest BCUT2D eigenvalue weighted by Crippen LogP contribution is -2.53. The topological polar surface area (TPSA) is 49.9 Å². The van der Waals surface area contributed by atoms with Gasteiger partial charge >= 0.3 is 12.3 Å². The minimum atomic E-state index is -4.66. The molecule has 2 atom stereocenters. The van der Waals surface area contributed by atoms with Crippen molar-refractivity contribution in [1.29, 1.82) is 0 Å². The van der Waals surface area contributed by atoms with Crippen molar-refractivity contribution in [2.24, 2.45) is 0 Å². The van der Waals surface area contributed by atoms with E-state index < -0.39 is 24.5 Å². The first kappa shape index (κ1) is 22.3. The summed E-state index contributed by atoms with van der Waals surface area (Å²) >= 11 is 3.36. The Morgan fingerprint density at radius 2 is 1.93 bits per heavy atom. The van der Waals surface area contributed by atoms with Gasteiger partial charge in [0.15, 0.2) is 6.17 Å². The molecule has 160 valence electrons. The number of carbonyl (C=O) groups is 2. The lowest BCUT2D eigenvalue weighted by molar-refractivity contribution is -0.205. The van der Waals surface area contributed by atoms with E-state index >= 15 is 0 Å². The molecule has 0 aromatic heterocycles. The molecule has 1 amide bonds. The van der Waals surface area contributed by atoms with Crippen LogP contribution in [0, 0.1) is 0 Å². The van der Waals surface area contributed by atoms with Gasteiger partial charge in [0.25, 0.3) is 0 Å². The third-order valence-corrected chi connectivity index (χ3v) is 5.76. The van der Waals surface area contributed by atoms with Crippen molar-refractivity contribution in [2.45, 2.75) is 31.3 Å². The molecular weight excluding hydrogens is 465 g/mol. The number of aldehydes is 1. The van der Waals surface area contributed by atoms with Gasteiger partial charge in [-0.3, -0.25) is 14.6 Å². The first-order chi connectivity index (χ1) is 14.2. The first-order valence-corrected chi connectivity index (χ1v) is 9.98. The Bertz CT molecular complexity index is 908. The van der Waals surface area contributed by atoms with E-state index in [4.69, 9.17) is 4.74 Å². The van der Waals surface area contributed by atoms with Crippen molar-refractivity contribution in [2.75, 3.05) is 13.7 Å². The number of alkyl halides is 3. The van der Waals surface area contributed by atoms with E-state index in [-0.39, 0.29) is 19.5 Å². The lowest BCUT2D eigenvalue weighted by atomic mass is 10.0. The van der Waals surface area contributed by atoms with Gasteiger partial charge in [-0.15, -0.1) is 0 Å². The smallest absolute Gasteiger partial charge is 0.422 e. The number of nitrogens with zero attached hydrogens (tertiary/aromatic N) is 2. The van der Waals surface area contributed by atoms with Gasteiger partial charge in [-0.05, 0) is 23.6 Å². The molecule has 1 fully saturated rings. The van der Waals surface area contributed by atoms with Gasteiger partial charge < -0.3 is 4.74 Å². The maximum Gasteiger partial charge on any atom is 0.422 e. The standard InChI is InChI=1S/C21H20BrF3N2O3/c1-30-20(29)27-17(10-16-8-7-15(13-28)9-18(16)22)12-26(19(27)21(23,24)25)11-14-5-3-2-4-6-14/h2-9,13,17,19H,10-12H2,1H3/t17-,19+/m0/s1. The number of methoxy groups -OCH3 is 1. The summed E-state index contributed by atoms with van der Waals surface area (Å²) in [7, 11) is 1.07. The van der Waals surface area contributed by atoms with Crippen molar-refractivity contribution < 1.29 is 27.5 Å². The molecule has 0 spiro atoms. The minimum Gasteiger partial charge on any atom is -0.453 e. The highest BCUT2D eigenvalue weighted by Gasteiger charge is 2.56. The second kappa shape index (κ2) is 9.18. The predicted molar refractivity (Wildman–Crippen MR) is 108 cm³/mol. The molecule has 1 heterocycles. The van der Waals surface area contributed by atoms with Crippen LogP contribution in [0.4, 0.5) is 18.0 Å². The van der Waals surface area contributed by atoms with Crippen LogP contribution >= 0.6 is 15.9 Å². The van der Waals surface area contributed by atoms with Crippen LogP contribution in [0.5, 0.6) is 0 Å². The number of rotatable bonds is 5. The SMILES string of the molecule is COC(=O)N1[C@@H](Cc2ccc(C=O)cc2Br)CN(Cc2ccccc2)[C@H]1C(F)(F)F. The van der Waals surface area contributed by atoms with E-state index in [9.17, 15) is 22.8 Å². The molecule has 1 saturated heterocycles. The van der Waals surface area contributed by atoms with Crippen molar-refractivity contribution in [3.8, 4) is 0 Å². The zero-order chi connectivity index (χ0) is 21.9. The quantitative estimate of drug-likeness (QED) is 0.579. The highest BCUT2D eigenvalue weighted by Crippen LogP contribution is 2.37. The predicted octanol–water partition coefficient (Wildman–Crippen LogP) is 4.65. The number of amides is 1. The van der Waals surface area contributed by atoms with Crippen LogP contribution in [0.25, 0.3) is 0 Å². The fraction of sp³-hybridized carbons (Fsp3) is 0.333. The molecule has 9 heteroatoms. The monoisotopic (exact) mass is 484 g/mol. The molecule has 0 N–H and O–H groups in total. The summed E-state index contributed by atoms with van der Waals surface area (Å²) in [5.41, 5.74) is 1.86. The average Bonchev–Trinajstić information content (AvgIpc) is 3.07. The highest BCUT2D eigenvalue weighted by atomic mass is 79.9. The molecule has 2 aromatic rings. The summed E-state index contributed by atoms with van der Waals surface area (Å²) in [6.45, 7) is 0.0658. The zero-order valence-corrected chi connectivity index (χ0v) is 17.7. The van der Waals surface area contributed by atoms with Crippen LogP contribution in [-0.4, -0.2) is 54.2 Å². The molecule has 0 aliphatic carbocycles. The molecule has 0 saturated carbocycles. The number of benzene rings is 2. The molecule has 2 aromatic carbocycles. The summed E-state index contributed by atoms with van der Waals surface area (Å²) < 4.78 is 47.3. The van der Waals surface area contributed by atoms with Crippen LogP contribution in [0.15, 0.2) is 53.0 Å². The molecule has 1 aliphatic rings. The average molecular weight is 485 g/mol. The van der Waals surface area contributed by atoms with E-state index in [1.54, 1.807) is 48.5 Å². The molecule has 0 bridgehead atoms. The van der Waals surface area contributed by atoms with Crippen molar-refractivity contribution in [3.63, 3.8) is 0 Å². The molecule has 30 heavy (non-hydrogen) atoms. The van der Waals surface area contributed by atoms with E-state index in [0.717, 1.165) is 12.0 Å². The lowest BCUT2D eigenvalue weighted by Gasteiger charge is -2.32. The summed E-state index contributed by atoms with van der Waals surface area (Å²) in [5.74, 6) is 0. The third-order valence-electron chi connectivity index (χ3n) is 5.02. The van der Waals surface area contributed by atoms with E-state index in [1.807, 2.05) is 0 Å². The van der Waals surface area contributed by atoms with Gasteiger partial charge in [-0.25, -0.2) is 4.79 Å². The number of ether oxygens (including phenoxy) is 1. The molecule has 0 radical (unpaired) electrons. The third kappa shape index (κ3) is 4.84. The van der Waals surface area contributed by atoms with Gasteiger partial charge in [0.05, 0.1) is 13.2 Å². The van der Waals surface area contributed by atoms with Crippen LogP contribution < -0.4 is 0 Å². The molecule has 0 unspecified atom stereocenters. The largest absolute Gasteiger partial charge is 0.453 e. The molecule has 3 rings (SSSR count).